The number of benzene rings is 1. The Morgan fingerprint density at radius 3 is 2.46 bits per heavy atom. The molecule has 3 fully saturated rings. The van der Waals surface area contributed by atoms with Gasteiger partial charge in [-0.2, -0.15) is 0 Å². The van der Waals surface area contributed by atoms with E-state index in [2.05, 4.69) is 57.8 Å². The van der Waals surface area contributed by atoms with Crippen LogP contribution in [0, 0.1) is 6.92 Å². The largest absolute Gasteiger partial charge is 0.339 e. The van der Waals surface area contributed by atoms with Gasteiger partial charge in [0.25, 0.3) is 0 Å². The van der Waals surface area contributed by atoms with Gasteiger partial charge in [-0.3, -0.25) is 14.6 Å². The van der Waals surface area contributed by atoms with Gasteiger partial charge in [0, 0.05) is 38.8 Å². The van der Waals surface area contributed by atoms with Crippen LogP contribution in [0.2, 0.25) is 0 Å². The quantitative estimate of drug-likeness (QED) is 0.796. The Morgan fingerprint density at radius 1 is 1.00 bits per heavy atom. The molecule has 1 aromatic rings. The van der Waals surface area contributed by atoms with E-state index in [1.165, 1.54) is 43.5 Å². The zero-order valence-electron chi connectivity index (χ0n) is 17.6. The van der Waals surface area contributed by atoms with Gasteiger partial charge >= 0.3 is 0 Å². The van der Waals surface area contributed by atoms with Gasteiger partial charge in [-0.1, -0.05) is 29.8 Å². The molecular weight excluding hydrogens is 348 g/mol. The maximum Gasteiger partial charge on any atom is 0.240 e. The van der Waals surface area contributed by atoms with Crippen LogP contribution in [0.15, 0.2) is 24.3 Å². The third-order valence-electron chi connectivity index (χ3n) is 6.91. The maximum absolute atomic E-state index is 13.3. The summed E-state index contributed by atoms with van der Waals surface area (Å²) in [7, 11) is 2.21. The molecule has 0 bridgehead atoms. The third kappa shape index (κ3) is 4.58. The highest BCUT2D eigenvalue weighted by atomic mass is 16.2. The van der Waals surface area contributed by atoms with Crippen LogP contribution in [0.5, 0.6) is 0 Å². The standard InChI is InChI=1S/C23H36N4O/c1-19-5-3-6-20(17-19)18-25-13-15-26(16-14-25)23(28)22-7-4-10-27(22)21-8-11-24(2)12-9-21/h3,5-6,17,21-22H,4,7-16,18H2,1-2H3/t22-/m0/s1. The molecule has 0 N–H and O–H groups in total. The lowest BCUT2D eigenvalue weighted by molar-refractivity contribution is -0.139. The average Bonchev–Trinajstić information content (AvgIpc) is 3.18. The lowest BCUT2D eigenvalue weighted by Crippen LogP contribution is -2.55. The molecular formula is C23H36N4O. The molecule has 3 aliphatic rings. The minimum absolute atomic E-state index is 0.136. The van der Waals surface area contributed by atoms with E-state index >= 15 is 0 Å². The first-order valence-corrected chi connectivity index (χ1v) is 11.1. The minimum Gasteiger partial charge on any atom is -0.339 e. The summed E-state index contributed by atoms with van der Waals surface area (Å²) < 4.78 is 0. The highest BCUT2D eigenvalue weighted by molar-refractivity contribution is 5.82. The lowest BCUT2D eigenvalue weighted by Gasteiger charge is -2.41. The Labute approximate surface area is 170 Å². The number of hydrogen-bond acceptors (Lipinski definition) is 4. The Balaban J connectivity index is 1.29. The summed E-state index contributed by atoms with van der Waals surface area (Å²) in [6, 6.07) is 9.52. The van der Waals surface area contributed by atoms with Gasteiger partial charge in [-0.05, 0) is 64.9 Å². The molecule has 0 spiro atoms. The summed E-state index contributed by atoms with van der Waals surface area (Å²) >= 11 is 0. The van der Waals surface area contributed by atoms with E-state index in [0.717, 1.165) is 45.7 Å². The van der Waals surface area contributed by atoms with E-state index in [1.54, 1.807) is 0 Å². The number of rotatable bonds is 4. The van der Waals surface area contributed by atoms with Gasteiger partial charge in [0.05, 0.1) is 6.04 Å². The molecule has 3 heterocycles. The molecule has 0 saturated carbocycles. The van der Waals surface area contributed by atoms with Gasteiger partial charge in [0.15, 0.2) is 0 Å². The van der Waals surface area contributed by atoms with Crippen molar-refractivity contribution in [3.63, 3.8) is 0 Å². The van der Waals surface area contributed by atoms with Crippen LogP contribution in [-0.4, -0.2) is 90.5 Å². The number of aryl methyl sites for hydroxylation is 1. The number of carbonyl (C=O) groups excluding carboxylic acids is 1. The number of piperazine rings is 1. The molecule has 154 valence electrons. The summed E-state index contributed by atoms with van der Waals surface area (Å²) in [6.07, 6.45) is 4.65. The lowest BCUT2D eigenvalue weighted by atomic mass is 10.0. The van der Waals surface area contributed by atoms with Crippen molar-refractivity contribution in [1.82, 2.24) is 19.6 Å². The first kappa shape index (κ1) is 19.9. The molecule has 0 radical (unpaired) electrons. The second kappa shape index (κ2) is 8.93. The average molecular weight is 385 g/mol. The van der Waals surface area contributed by atoms with Crippen molar-refractivity contribution in [3.8, 4) is 0 Å². The molecule has 1 aromatic carbocycles. The smallest absolute Gasteiger partial charge is 0.240 e. The molecule has 5 heteroatoms. The van der Waals surface area contributed by atoms with Gasteiger partial charge in [0.2, 0.25) is 5.91 Å². The first-order valence-electron chi connectivity index (χ1n) is 11.1. The van der Waals surface area contributed by atoms with Crippen LogP contribution in [0.25, 0.3) is 0 Å². The molecule has 1 amide bonds. The van der Waals surface area contributed by atoms with Crippen molar-refractivity contribution in [3.05, 3.63) is 35.4 Å². The topological polar surface area (TPSA) is 30.0 Å². The van der Waals surface area contributed by atoms with Gasteiger partial charge < -0.3 is 9.80 Å². The summed E-state index contributed by atoms with van der Waals surface area (Å²) in [5.74, 6) is 0.395. The summed E-state index contributed by atoms with van der Waals surface area (Å²) in [5, 5.41) is 0. The van der Waals surface area contributed by atoms with E-state index in [9.17, 15) is 4.79 Å². The van der Waals surface area contributed by atoms with Gasteiger partial charge in [-0.25, -0.2) is 0 Å². The first-order chi connectivity index (χ1) is 13.6. The Kier molecular flexibility index (Phi) is 6.34. The predicted molar refractivity (Wildman–Crippen MR) is 113 cm³/mol. The van der Waals surface area contributed by atoms with Gasteiger partial charge in [-0.15, -0.1) is 0 Å². The van der Waals surface area contributed by atoms with Crippen LogP contribution < -0.4 is 0 Å². The summed E-state index contributed by atoms with van der Waals surface area (Å²) in [6.45, 7) is 10.3. The molecule has 0 unspecified atom stereocenters. The monoisotopic (exact) mass is 384 g/mol. The molecule has 0 aliphatic carbocycles. The SMILES string of the molecule is Cc1cccc(CN2CCN(C(=O)[C@@H]3CCCN3C3CCN(C)CC3)CC2)c1. The van der Waals surface area contributed by atoms with E-state index < -0.39 is 0 Å². The fraction of sp³-hybridized carbons (Fsp3) is 0.696. The van der Waals surface area contributed by atoms with Crippen molar-refractivity contribution >= 4 is 5.91 Å². The third-order valence-corrected chi connectivity index (χ3v) is 6.91. The maximum atomic E-state index is 13.3. The summed E-state index contributed by atoms with van der Waals surface area (Å²) in [4.78, 5) is 22.9. The second-order valence-electron chi connectivity index (χ2n) is 9.02. The van der Waals surface area contributed by atoms with Crippen molar-refractivity contribution in [2.45, 2.75) is 51.2 Å². The normalized spacial score (nSPS) is 26.1. The van der Waals surface area contributed by atoms with E-state index in [1.807, 2.05) is 0 Å². The van der Waals surface area contributed by atoms with Crippen LogP contribution in [0.1, 0.15) is 36.8 Å². The molecule has 28 heavy (non-hydrogen) atoms. The number of nitrogens with zero attached hydrogens (tertiary/aromatic N) is 4. The zero-order chi connectivity index (χ0) is 19.5. The van der Waals surface area contributed by atoms with Crippen LogP contribution in [0.3, 0.4) is 0 Å². The predicted octanol–water partition coefficient (Wildman–Crippen LogP) is 2.20. The second-order valence-corrected chi connectivity index (χ2v) is 9.02. The molecule has 3 saturated heterocycles. The Hall–Kier alpha value is -1.43. The Morgan fingerprint density at radius 2 is 1.75 bits per heavy atom. The minimum atomic E-state index is 0.136. The number of hydrogen-bond donors (Lipinski definition) is 0. The fourth-order valence-electron chi connectivity index (χ4n) is 5.22. The van der Waals surface area contributed by atoms with Crippen LogP contribution in [0.4, 0.5) is 0 Å². The van der Waals surface area contributed by atoms with Crippen molar-refractivity contribution < 1.29 is 4.79 Å². The van der Waals surface area contributed by atoms with Crippen molar-refractivity contribution in [2.75, 3.05) is 52.9 Å². The van der Waals surface area contributed by atoms with Crippen molar-refractivity contribution in [1.29, 1.82) is 0 Å². The van der Waals surface area contributed by atoms with E-state index in [-0.39, 0.29) is 6.04 Å². The van der Waals surface area contributed by atoms with Crippen LogP contribution >= 0.6 is 0 Å². The van der Waals surface area contributed by atoms with E-state index in [0.29, 0.717) is 11.9 Å². The highest BCUT2D eigenvalue weighted by Gasteiger charge is 2.38. The molecule has 0 aromatic heterocycles. The van der Waals surface area contributed by atoms with Gasteiger partial charge in [0.1, 0.15) is 0 Å². The highest BCUT2D eigenvalue weighted by Crippen LogP contribution is 2.27. The van der Waals surface area contributed by atoms with Crippen LogP contribution in [-0.2, 0) is 11.3 Å². The summed E-state index contributed by atoms with van der Waals surface area (Å²) in [5.41, 5.74) is 2.70. The molecule has 1 atom stereocenters. The number of carbonyl (C=O) groups is 1. The number of piperidine rings is 1. The molecule has 5 nitrogen and oxygen atoms in total. The number of amides is 1. The number of likely N-dealkylation sites (tertiary alicyclic amines) is 2. The Bertz CT molecular complexity index is 662. The molecule has 4 rings (SSSR count). The van der Waals surface area contributed by atoms with Crippen molar-refractivity contribution in [2.24, 2.45) is 0 Å². The fourth-order valence-corrected chi connectivity index (χ4v) is 5.22. The van der Waals surface area contributed by atoms with E-state index in [4.69, 9.17) is 0 Å². The zero-order valence-corrected chi connectivity index (χ0v) is 17.6. The molecule has 3 aliphatic heterocycles.